The number of anilines is 1. The molecule has 1 amide bonds. The van der Waals surface area contributed by atoms with Crippen molar-refractivity contribution in [3.8, 4) is 10.4 Å². The Labute approximate surface area is 150 Å². The molecule has 5 heteroatoms. The van der Waals surface area contributed by atoms with Crippen LogP contribution in [0.1, 0.15) is 16.3 Å². The van der Waals surface area contributed by atoms with Gasteiger partial charge in [-0.3, -0.25) is 4.79 Å². The molecule has 0 atom stereocenters. The summed E-state index contributed by atoms with van der Waals surface area (Å²) in [5, 5.41) is 4.57. The Morgan fingerprint density at radius 3 is 2.46 bits per heavy atom. The molecule has 0 saturated heterocycles. The second kappa shape index (κ2) is 7.16. The topological polar surface area (TPSA) is 42.0 Å². The molecular formula is C19H17ClN2OS. The predicted molar refractivity (Wildman–Crippen MR) is 101 cm³/mol. The number of halogens is 1. The summed E-state index contributed by atoms with van der Waals surface area (Å²) in [6.07, 6.45) is 0.259. The maximum absolute atomic E-state index is 12.2. The zero-order chi connectivity index (χ0) is 17.1. The molecule has 1 N–H and O–H groups in total. The first kappa shape index (κ1) is 16.7. The van der Waals surface area contributed by atoms with E-state index in [1.165, 1.54) is 4.88 Å². The van der Waals surface area contributed by atoms with Crippen LogP contribution in [0.25, 0.3) is 10.4 Å². The van der Waals surface area contributed by atoms with Crippen molar-refractivity contribution < 1.29 is 4.79 Å². The summed E-state index contributed by atoms with van der Waals surface area (Å²) < 4.78 is 0. The van der Waals surface area contributed by atoms with Crippen molar-refractivity contribution in [3.05, 3.63) is 69.8 Å². The second-order valence-corrected chi connectivity index (χ2v) is 7.15. The van der Waals surface area contributed by atoms with Crippen molar-refractivity contribution >= 4 is 34.5 Å². The van der Waals surface area contributed by atoms with Gasteiger partial charge in [0.15, 0.2) is 0 Å². The first-order valence-electron chi connectivity index (χ1n) is 7.60. The van der Waals surface area contributed by atoms with Gasteiger partial charge in [0.2, 0.25) is 5.91 Å². The highest BCUT2D eigenvalue weighted by Gasteiger charge is 2.09. The lowest BCUT2D eigenvalue weighted by atomic mass is 10.1. The molecule has 0 bridgehead atoms. The number of aromatic nitrogens is 1. The van der Waals surface area contributed by atoms with E-state index in [1.54, 1.807) is 17.4 Å². The molecule has 0 radical (unpaired) electrons. The SMILES string of the molecule is Cc1nc(C)c(-c2ccc(NC(=O)Cc3ccccc3Cl)cc2)s1. The van der Waals surface area contributed by atoms with Crippen LogP contribution >= 0.6 is 22.9 Å². The molecule has 24 heavy (non-hydrogen) atoms. The summed E-state index contributed by atoms with van der Waals surface area (Å²) in [6.45, 7) is 4.02. The van der Waals surface area contributed by atoms with Crippen LogP contribution in [0, 0.1) is 13.8 Å². The van der Waals surface area contributed by atoms with Crippen LogP contribution in [-0.2, 0) is 11.2 Å². The summed E-state index contributed by atoms with van der Waals surface area (Å²) in [6, 6.07) is 15.2. The van der Waals surface area contributed by atoms with Crippen molar-refractivity contribution in [1.82, 2.24) is 4.98 Å². The lowest BCUT2D eigenvalue weighted by Crippen LogP contribution is -2.14. The van der Waals surface area contributed by atoms with Gasteiger partial charge in [-0.2, -0.15) is 0 Å². The minimum Gasteiger partial charge on any atom is -0.326 e. The van der Waals surface area contributed by atoms with Gasteiger partial charge < -0.3 is 5.32 Å². The Balaban J connectivity index is 1.69. The smallest absolute Gasteiger partial charge is 0.228 e. The van der Waals surface area contributed by atoms with Crippen LogP contribution < -0.4 is 5.32 Å². The average Bonchev–Trinajstić information content (AvgIpc) is 2.89. The van der Waals surface area contributed by atoms with E-state index >= 15 is 0 Å². The fourth-order valence-corrected chi connectivity index (χ4v) is 3.65. The number of amides is 1. The summed E-state index contributed by atoms with van der Waals surface area (Å²) in [7, 11) is 0. The van der Waals surface area contributed by atoms with Crippen molar-refractivity contribution in [1.29, 1.82) is 0 Å². The highest BCUT2D eigenvalue weighted by atomic mass is 35.5. The zero-order valence-electron chi connectivity index (χ0n) is 13.5. The molecular weight excluding hydrogens is 340 g/mol. The molecule has 3 aromatic rings. The Morgan fingerprint density at radius 1 is 1.12 bits per heavy atom. The van der Waals surface area contributed by atoms with Crippen LogP contribution in [0.15, 0.2) is 48.5 Å². The van der Waals surface area contributed by atoms with E-state index in [-0.39, 0.29) is 12.3 Å². The van der Waals surface area contributed by atoms with Crippen LogP contribution in [0.2, 0.25) is 5.02 Å². The number of nitrogens with zero attached hydrogens (tertiary/aromatic N) is 1. The fourth-order valence-electron chi connectivity index (χ4n) is 2.52. The fraction of sp³-hybridized carbons (Fsp3) is 0.158. The lowest BCUT2D eigenvalue weighted by Gasteiger charge is -2.07. The molecule has 0 aliphatic carbocycles. The van der Waals surface area contributed by atoms with Crippen molar-refractivity contribution in [2.75, 3.05) is 5.32 Å². The summed E-state index contributed by atoms with van der Waals surface area (Å²) >= 11 is 7.77. The molecule has 122 valence electrons. The van der Waals surface area contributed by atoms with E-state index in [0.29, 0.717) is 5.02 Å². The molecule has 0 saturated carbocycles. The van der Waals surface area contributed by atoms with E-state index in [4.69, 9.17) is 11.6 Å². The van der Waals surface area contributed by atoms with E-state index in [2.05, 4.69) is 10.3 Å². The minimum atomic E-state index is -0.0827. The molecule has 0 aliphatic heterocycles. The number of hydrogen-bond acceptors (Lipinski definition) is 3. The number of benzene rings is 2. The maximum Gasteiger partial charge on any atom is 0.228 e. The monoisotopic (exact) mass is 356 g/mol. The molecule has 0 aliphatic rings. The molecule has 0 unspecified atom stereocenters. The van der Waals surface area contributed by atoms with Gasteiger partial charge in [0.1, 0.15) is 0 Å². The first-order chi connectivity index (χ1) is 11.5. The number of carbonyl (C=O) groups excluding carboxylic acids is 1. The Hall–Kier alpha value is -2.17. The third-order valence-electron chi connectivity index (χ3n) is 3.64. The van der Waals surface area contributed by atoms with Crippen molar-refractivity contribution in [2.24, 2.45) is 0 Å². The molecule has 3 rings (SSSR count). The molecule has 2 aromatic carbocycles. The van der Waals surface area contributed by atoms with Gasteiger partial charge in [0.05, 0.1) is 22.0 Å². The Morgan fingerprint density at radius 2 is 1.83 bits per heavy atom. The van der Waals surface area contributed by atoms with Gasteiger partial charge in [-0.15, -0.1) is 11.3 Å². The summed E-state index contributed by atoms with van der Waals surface area (Å²) in [5.41, 5.74) is 3.74. The molecule has 0 spiro atoms. The van der Waals surface area contributed by atoms with E-state index in [9.17, 15) is 4.79 Å². The highest BCUT2D eigenvalue weighted by Crippen LogP contribution is 2.30. The van der Waals surface area contributed by atoms with Gasteiger partial charge in [0.25, 0.3) is 0 Å². The molecule has 1 heterocycles. The summed E-state index contributed by atoms with van der Waals surface area (Å²) in [5.74, 6) is -0.0827. The Kier molecular flexibility index (Phi) is 4.97. The number of hydrogen-bond donors (Lipinski definition) is 1. The molecule has 1 aromatic heterocycles. The third-order valence-corrected chi connectivity index (χ3v) is 5.13. The van der Waals surface area contributed by atoms with Crippen LogP contribution in [0.3, 0.4) is 0 Å². The highest BCUT2D eigenvalue weighted by molar-refractivity contribution is 7.15. The first-order valence-corrected chi connectivity index (χ1v) is 8.80. The third kappa shape index (κ3) is 3.83. The van der Waals surface area contributed by atoms with E-state index < -0.39 is 0 Å². The average molecular weight is 357 g/mol. The quantitative estimate of drug-likeness (QED) is 0.692. The van der Waals surface area contributed by atoms with E-state index in [0.717, 1.165) is 27.5 Å². The largest absolute Gasteiger partial charge is 0.326 e. The second-order valence-electron chi connectivity index (χ2n) is 5.54. The molecule has 0 fully saturated rings. The van der Waals surface area contributed by atoms with Gasteiger partial charge in [-0.05, 0) is 43.2 Å². The van der Waals surface area contributed by atoms with Gasteiger partial charge >= 0.3 is 0 Å². The zero-order valence-corrected chi connectivity index (χ0v) is 15.0. The summed E-state index contributed by atoms with van der Waals surface area (Å²) in [4.78, 5) is 17.8. The van der Waals surface area contributed by atoms with Crippen molar-refractivity contribution in [3.63, 3.8) is 0 Å². The number of rotatable bonds is 4. The van der Waals surface area contributed by atoms with Crippen LogP contribution in [0.5, 0.6) is 0 Å². The number of aryl methyl sites for hydroxylation is 2. The molecule has 3 nitrogen and oxygen atoms in total. The van der Waals surface area contributed by atoms with Gasteiger partial charge in [0, 0.05) is 10.7 Å². The maximum atomic E-state index is 12.2. The Bertz CT molecular complexity index is 871. The van der Waals surface area contributed by atoms with Crippen LogP contribution in [0.4, 0.5) is 5.69 Å². The number of carbonyl (C=O) groups is 1. The minimum absolute atomic E-state index is 0.0827. The number of thiazole rings is 1. The van der Waals surface area contributed by atoms with Gasteiger partial charge in [-0.25, -0.2) is 4.98 Å². The van der Waals surface area contributed by atoms with Crippen molar-refractivity contribution in [2.45, 2.75) is 20.3 Å². The van der Waals surface area contributed by atoms with Crippen LogP contribution in [-0.4, -0.2) is 10.9 Å². The lowest BCUT2D eigenvalue weighted by molar-refractivity contribution is -0.115. The number of nitrogens with one attached hydrogen (secondary N) is 1. The predicted octanol–water partition coefficient (Wildman–Crippen LogP) is 5.26. The van der Waals surface area contributed by atoms with E-state index in [1.807, 2.05) is 56.3 Å². The van der Waals surface area contributed by atoms with Gasteiger partial charge in [-0.1, -0.05) is 41.9 Å². The normalized spacial score (nSPS) is 10.6. The standard InChI is InChI=1S/C19H17ClN2OS/c1-12-19(24-13(2)21-12)14-7-9-16(10-8-14)22-18(23)11-15-5-3-4-6-17(15)20/h3-10H,11H2,1-2H3,(H,22,23).